The number of esters is 1. The molecule has 0 fully saturated rings. The summed E-state index contributed by atoms with van der Waals surface area (Å²) in [5.74, 6) is 0.287. The number of hydrogen-bond donors (Lipinski definition) is 2. The number of anilines is 2. The summed E-state index contributed by atoms with van der Waals surface area (Å²) in [5.41, 5.74) is 5.63. The van der Waals surface area contributed by atoms with Crippen LogP contribution in [-0.4, -0.2) is 24.4 Å². The molecule has 2 N–H and O–H groups in total. The van der Waals surface area contributed by atoms with Crippen LogP contribution in [-0.2, 0) is 19.1 Å². The highest BCUT2D eigenvalue weighted by Gasteiger charge is 2.11. The first-order valence-electron chi connectivity index (χ1n) is 11.9. The Bertz CT molecular complexity index is 1230. The van der Waals surface area contributed by atoms with Gasteiger partial charge in [-0.05, 0) is 98.8 Å². The Kier molecular flexibility index (Phi) is 9.22. The maximum atomic E-state index is 12.2. The SMILES string of the molecule is Cc1ccc(C)c(NC(=O)COC(=O)CCCC(=O)Nc2ccc(Oc3ccc(C)c(C)c3)cc2)c1. The number of amides is 2. The van der Waals surface area contributed by atoms with Crippen molar-refractivity contribution in [2.24, 2.45) is 0 Å². The molecule has 0 bridgehead atoms. The van der Waals surface area contributed by atoms with Gasteiger partial charge in [-0.2, -0.15) is 0 Å². The molecule has 7 nitrogen and oxygen atoms in total. The molecule has 0 spiro atoms. The number of hydrogen-bond acceptors (Lipinski definition) is 5. The van der Waals surface area contributed by atoms with Gasteiger partial charge in [0.15, 0.2) is 6.61 Å². The van der Waals surface area contributed by atoms with E-state index in [0.29, 0.717) is 23.5 Å². The van der Waals surface area contributed by atoms with Gasteiger partial charge in [0, 0.05) is 24.2 Å². The number of carbonyl (C=O) groups is 3. The van der Waals surface area contributed by atoms with Crippen LogP contribution < -0.4 is 15.4 Å². The molecule has 0 saturated heterocycles. The molecule has 0 aliphatic heterocycles. The van der Waals surface area contributed by atoms with E-state index in [4.69, 9.17) is 9.47 Å². The second kappa shape index (κ2) is 12.5. The van der Waals surface area contributed by atoms with Crippen molar-refractivity contribution in [1.29, 1.82) is 0 Å². The van der Waals surface area contributed by atoms with Crippen molar-refractivity contribution in [3.8, 4) is 11.5 Å². The van der Waals surface area contributed by atoms with Gasteiger partial charge >= 0.3 is 5.97 Å². The summed E-state index contributed by atoms with van der Waals surface area (Å²) in [6.45, 7) is 7.54. The molecule has 0 unspecified atom stereocenters. The van der Waals surface area contributed by atoms with Gasteiger partial charge in [0.1, 0.15) is 11.5 Å². The molecule has 0 radical (unpaired) electrons. The molecule has 188 valence electrons. The third-order valence-electron chi connectivity index (χ3n) is 5.67. The summed E-state index contributed by atoms with van der Waals surface area (Å²) in [6, 6.07) is 18.7. The number of benzene rings is 3. The lowest BCUT2D eigenvalue weighted by atomic mass is 10.1. The van der Waals surface area contributed by atoms with Gasteiger partial charge in [-0.15, -0.1) is 0 Å². The van der Waals surface area contributed by atoms with Crippen LogP contribution in [0.15, 0.2) is 60.7 Å². The Morgan fingerprint density at radius 2 is 1.39 bits per heavy atom. The van der Waals surface area contributed by atoms with Crippen molar-refractivity contribution in [2.45, 2.75) is 47.0 Å². The molecule has 36 heavy (non-hydrogen) atoms. The summed E-state index contributed by atoms with van der Waals surface area (Å²) in [6.07, 6.45) is 0.523. The van der Waals surface area contributed by atoms with E-state index in [2.05, 4.69) is 10.6 Å². The summed E-state index contributed by atoms with van der Waals surface area (Å²) >= 11 is 0. The standard InChI is InChI=1S/C29H32N2O5/c1-19-8-9-21(3)26(16-19)31-28(33)18-35-29(34)7-5-6-27(32)30-23-11-14-24(15-12-23)36-25-13-10-20(2)22(4)17-25/h8-17H,5-7,18H2,1-4H3,(H,30,32)(H,31,33). The second-order valence-corrected chi connectivity index (χ2v) is 8.80. The van der Waals surface area contributed by atoms with Crippen molar-refractivity contribution in [3.05, 3.63) is 82.9 Å². The van der Waals surface area contributed by atoms with Gasteiger partial charge in [-0.3, -0.25) is 14.4 Å². The highest BCUT2D eigenvalue weighted by Crippen LogP contribution is 2.25. The molecular formula is C29H32N2O5. The van der Waals surface area contributed by atoms with Crippen molar-refractivity contribution in [3.63, 3.8) is 0 Å². The van der Waals surface area contributed by atoms with Crippen LogP contribution in [0.1, 0.15) is 41.5 Å². The van der Waals surface area contributed by atoms with E-state index in [1.807, 2.05) is 64.1 Å². The van der Waals surface area contributed by atoms with Crippen LogP contribution in [0.4, 0.5) is 11.4 Å². The van der Waals surface area contributed by atoms with Crippen LogP contribution in [0, 0.1) is 27.7 Å². The maximum absolute atomic E-state index is 12.2. The molecule has 3 aromatic rings. The molecular weight excluding hydrogens is 456 g/mol. The fourth-order valence-corrected chi connectivity index (χ4v) is 3.41. The monoisotopic (exact) mass is 488 g/mol. The predicted octanol–water partition coefficient (Wildman–Crippen LogP) is 6.00. The topological polar surface area (TPSA) is 93.7 Å². The van der Waals surface area contributed by atoms with E-state index in [1.54, 1.807) is 24.3 Å². The molecule has 3 rings (SSSR count). The minimum absolute atomic E-state index is 0.0485. The number of carbonyl (C=O) groups excluding carboxylic acids is 3. The molecule has 0 aromatic heterocycles. The molecule has 3 aromatic carbocycles. The minimum atomic E-state index is -0.522. The first-order chi connectivity index (χ1) is 17.2. The van der Waals surface area contributed by atoms with E-state index in [-0.39, 0.29) is 25.4 Å². The van der Waals surface area contributed by atoms with Gasteiger partial charge in [0.05, 0.1) is 0 Å². The largest absolute Gasteiger partial charge is 0.457 e. The van der Waals surface area contributed by atoms with Gasteiger partial charge in [0.25, 0.3) is 5.91 Å². The molecule has 2 amide bonds. The number of rotatable bonds is 10. The Hall–Kier alpha value is -4.13. The average molecular weight is 489 g/mol. The van der Waals surface area contributed by atoms with E-state index >= 15 is 0 Å². The number of ether oxygens (including phenoxy) is 2. The third-order valence-corrected chi connectivity index (χ3v) is 5.67. The lowest BCUT2D eigenvalue weighted by Crippen LogP contribution is -2.21. The number of aryl methyl sites for hydroxylation is 4. The Morgan fingerprint density at radius 1 is 0.694 bits per heavy atom. The zero-order valence-corrected chi connectivity index (χ0v) is 21.1. The van der Waals surface area contributed by atoms with E-state index in [1.165, 1.54) is 5.56 Å². The predicted molar refractivity (Wildman–Crippen MR) is 140 cm³/mol. The van der Waals surface area contributed by atoms with Crippen LogP contribution in [0.25, 0.3) is 0 Å². The highest BCUT2D eigenvalue weighted by atomic mass is 16.5. The summed E-state index contributed by atoms with van der Waals surface area (Å²) in [7, 11) is 0. The zero-order valence-electron chi connectivity index (χ0n) is 21.1. The Morgan fingerprint density at radius 3 is 2.11 bits per heavy atom. The Labute approximate surface area is 211 Å². The van der Waals surface area contributed by atoms with Crippen LogP contribution in [0.3, 0.4) is 0 Å². The minimum Gasteiger partial charge on any atom is -0.457 e. The summed E-state index contributed by atoms with van der Waals surface area (Å²) < 4.78 is 10.9. The number of nitrogens with one attached hydrogen (secondary N) is 2. The Balaban J connectivity index is 1.35. The van der Waals surface area contributed by atoms with Crippen LogP contribution in [0.5, 0.6) is 11.5 Å². The molecule has 0 saturated carbocycles. The smallest absolute Gasteiger partial charge is 0.306 e. The van der Waals surface area contributed by atoms with Gasteiger partial charge < -0.3 is 20.1 Å². The van der Waals surface area contributed by atoms with Crippen LogP contribution >= 0.6 is 0 Å². The van der Waals surface area contributed by atoms with Crippen molar-refractivity contribution in [2.75, 3.05) is 17.2 Å². The highest BCUT2D eigenvalue weighted by molar-refractivity contribution is 5.93. The maximum Gasteiger partial charge on any atom is 0.306 e. The van der Waals surface area contributed by atoms with Crippen molar-refractivity contribution >= 4 is 29.2 Å². The normalized spacial score (nSPS) is 10.4. The molecule has 0 aliphatic rings. The molecule has 0 aliphatic carbocycles. The lowest BCUT2D eigenvalue weighted by molar-refractivity contribution is -0.147. The van der Waals surface area contributed by atoms with E-state index in [0.717, 1.165) is 22.4 Å². The quantitative estimate of drug-likeness (QED) is 0.341. The van der Waals surface area contributed by atoms with Gasteiger partial charge in [-0.25, -0.2) is 0 Å². The first-order valence-corrected chi connectivity index (χ1v) is 11.9. The van der Waals surface area contributed by atoms with E-state index < -0.39 is 11.9 Å². The van der Waals surface area contributed by atoms with Gasteiger partial charge in [0.2, 0.25) is 5.91 Å². The first kappa shape index (κ1) is 26.5. The third kappa shape index (κ3) is 8.27. The molecule has 0 heterocycles. The van der Waals surface area contributed by atoms with Crippen LogP contribution in [0.2, 0.25) is 0 Å². The molecule has 0 atom stereocenters. The van der Waals surface area contributed by atoms with Gasteiger partial charge in [-0.1, -0.05) is 18.2 Å². The fraction of sp³-hybridized carbons (Fsp3) is 0.276. The summed E-state index contributed by atoms with van der Waals surface area (Å²) in [5, 5.41) is 5.54. The van der Waals surface area contributed by atoms with E-state index in [9.17, 15) is 14.4 Å². The van der Waals surface area contributed by atoms with Crippen molar-refractivity contribution in [1.82, 2.24) is 0 Å². The average Bonchev–Trinajstić information content (AvgIpc) is 2.84. The lowest BCUT2D eigenvalue weighted by Gasteiger charge is -2.10. The van der Waals surface area contributed by atoms with Crippen molar-refractivity contribution < 1.29 is 23.9 Å². The fourth-order valence-electron chi connectivity index (χ4n) is 3.41. The second-order valence-electron chi connectivity index (χ2n) is 8.80. The summed E-state index contributed by atoms with van der Waals surface area (Å²) in [4.78, 5) is 36.2. The molecule has 7 heteroatoms. The zero-order chi connectivity index (χ0) is 26.1.